The molecule has 0 spiro atoms. The van der Waals surface area contributed by atoms with Crippen LogP contribution in [0.4, 0.5) is 4.39 Å². The summed E-state index contributed by atoms with van der Waals surface area (Å²) in [5.74, 6) is -1.24. The van der Waals surface area contributed by atoms with Crippen LogP contribution in [0.25, 0.3) is 0 Å². The van der Waals surface area contributed by atoms with Crippen molar-refractivity contribution in [2.24, 2.45) is 5.73 Å². The fraction of sp³-hybridized carbons (Fsp3) is 0.0769. The molecule has 0 saturated carbocycles. The first-order valence-corrected chi connectivity index (χ1v) is 5.29. The van der Waals surface area contributed by atoms with Crippen molar-refractivity contribution in [3.63, 3.8) is 0 Å². The Morgan fingerprint density at radius 1 is 1.32 bits per heavy atom. The molecular formula is C13H12ClFN2O2. The Kier molecular flexibility index (Phi) is 5.26. The molecule has 100 valence electrons. The van der Waals surface area contributed by atoms with Gasteiger partial charge in [0.05, 0.1) is 5.69 Å². The van der Waals surface area contributed by atoms with Crippen LogP contribution in [0.3, 0.4) is 0 Å². The molecule has 2 N–H and O–H groups in total. The molecule has 0 unspecified atom stereocenters. The van der Waals surface area contributed by atoms with E-state index in [4.69, 9.17) is 10.5 Å². The quantitative estimate of drug-likeness (QED) is 0.936. The van der Waals surface area contributed by atoms with Crippen LogP contribution in [0.1, 0.15) is 16.1 Å². The number of rotatable bonds is 4. The average molecular weight is 283 g/mol. The van der Waals surface area contributed by atoms with E-state index in [1.807, 2.05) is 6.07 Å². The largest absolute Gasteiger partial charge is 0.484 e. The molecule has 0 saturated heterocycles. The summed E-state index contributed by atoms with van der Waals surface area (Å²) in [7, 11) is 0. The van der Waals surface area contributed by atoms with Gasteiger partial charge in [-0.1, -0.05) is 6.07 Å². The first-order chi connectivity index (χ1) is 8.66. The van der Waals surface area contributed by atoms with E-state index in [0.29, 0.717) is 5.69 Å². The van der Waals surface area contributed by atoms with Crippen LogP contribution in [0, 0.1) is 5.82 Å². The van der Waals surface area contributed by atoms with Gasteiger partial charge in [0.25, 0.3) is 0 Å². The number of primary amides is 1. The number of halogens is 2. The predicted octanol–water partition coefficient (Wildman–Crippen LogP) is 2.32. The summed E-state index contributed by atoms with van der Waals surface area (Å²) < 4.78 is 18.8. The van der Waals surface area contributed by atoms with E-state index in [9.17, 15) is 9.18 Å². The number of hydrogen-bond acceptors (Lipinski definition) is 3. The Labute approximate surface area is 115 Å². The normalized spacial score (nSPS) is 9.53. The van der Waals surface area contributed by atoms with Gasteiger partial charge in [-0.15, -0.1) is 12.4 Å². The molecule has 1 amide bonds. The SMILES string of the molecule is Cl.NC(=O)c1ccc(OCc2ccccn2)c(F)c1. The predicted molar refractivity (Wildman–Crippen MR) is 70.7 cm³/mol. The van der Waals surface area contributed by atoms with Crippen LogP contribution in [-0.2, 0) is 6.61 Å². The fourth-order valence-corrected chi connectivity index (χ4v) is 1.41. The maximum absolute atomic E-state index is 13.6. The maximum Gasteiger partial charge on any atom is 0.248 e. The highest BCUT2D eigenvalue weighted by Gasteiger charge is 2.08. The van der Waals surface area contributed by atoms with E-state index in [0.717, 1.165) is 6.07 Å². The van der Waals surface area contributed by atoms with Gasteiger partial charge >= 0.3 is 0 Å². The summed E-state index contributed by atoms with van der Waals surface area (Å²) in [6.45, 7) is 0.160. The first kappa shape index (κ1) is 14.9. The molecular weight excluding hydrogens is 271 g/mol. The van der Waals surface area contributed by atoms with Crippen LogP contribution in [0.2, 0.25) is 0 Å². The number of ether oxygens (including phenoxy) is 1. The number of pyridine rings is 1. The van der Waals surface area contributed by atoms with Gasteiger partial charge in [0.1, 0.15) is 6.61 Å². The second kappa shape index (κ2) is 6.70. The highest BCUT2D eigenvalue weighted by molar-refractivity contribution is 5.92. The van der Waals surface area contributed by atoms with Crippen LogP contribution in [0.5, 0.6) is 5.75 Å². The molecule has 6 heteroatoms. The van der Waals surface area contributed by atoms with Gasteiger partial charge in [-0.2, -0.15) is 0 Å². The van der Waals surface area contributed by atoms with Crippen LogP contribution in [0.15, 0.2) is 42.6 Å². The van der Waals surface area contributed by atoms with Crippen molar-refractivity contribution in [1.29, 1.82) is 0 Å². The summed E-state index contributed by atoms with van der Waals surface area (Å²) in [6, 6.07) is 9.22. The number of carbonyl (C=O) groups excluding carboxylic acids is 1. The van der Waals surface area contributed by atoms with Crippen molar-refractivity contribution >= 4 is 18.3 Å². The van der Waals surface area contributed by atoms with Crippen molar-refractivity contribution in [2.45, 2.75) is 6.61 Å². The second-order valence-corrected chi connectivity index (χ2v) is 3.62. The molecule has 0 aliphatic rings. The van der Waals surface area contributed by atoms with E-state index >= 15 is 0 Å². The molecule has 0 atom stereocenters. The zero-order valence-electron chi connectivity index (χ0n) is 9.88. The van der Waals surface area contributed by atoms with E-state index in [-0.39, 0.29) is 30.3 Å². The number of hydrogen-bond donors (Lipinski definition) is 1. The number of nitrogens with zero attached hydrogens (tertiary/aromatic N) is 1. The van der Waals surface area contributed by atoms with Crippen molar-refractivity contribution in [2.75, 3.05) is 0 Å². The molecule has 1 heterocycles. The lowest BCUT2D eigenvalue weighted by atomic mass is 10.2. The topological polar surface area (TPSA) is 65.2 Å². The molecule has 19 heavy (non-hydrogen) atoms. The minimum atomic E-state index is -0.676. The zero-order valence-corrected chi connectivity index (χ0v) is 10.7. The zero-order chi connectivity index (χ0) is 13.0. The molecule has 1 aromatic carbocycles. The lowest BCUT2D eigenvalue weighted by Crippen LogP contribution is -2.11. The van der Waals surface area contributed by atoms with Crippen molar-refractivity contribution in [1.82, 2.24) is 4.98 Å². The lowest BCUT2D eigenvalue weighted by molar-refractivity contribution is 0.0999. The number of aromatic nitrogens is 1. The third kappa shape index (κ3) is 3.93. The van der Waals surface area contributed by atoms with Crippen molar-refractivity contribution in [3.05, 3.63) is 59.7 Å². The third-order valence-electron chi connectivity index (χ3n) is 2.32. The molecule has 4 nitrogen and oxygen atoms in total. The van der Waals surface area contributed by atoms with Crippen LogP contribution in [-0.4, -0.2) is 10.9 Å². The number of benzene rings is 1. The molecule has 0 aliphatic carbocycles. The van der Waals surface area contributed by atoms with Crippen molar-refractivity contribution in [3.8, 4) is 5.75 Å². The smallest absolute Gasteiger partial charge is 0.248 e. The number of nitrogens with two attached hydrogens (primary N) is 1. The average Bonchev–Trinajstić information content (AvgIpc) is 2.38. The number of amides is 1. The Morgan fingerprint density at radius 2 is 2.11 bits per heavy atom. The van der Waals surface area contributed by atoms with E-state index in [1.165, 1.54) is 12.1 Å². The minimum absolute atomic E-state index is 0. The molecule has 0 aliphatic heterocycles. The summed E-state index contributed by atoms with van der Waals surface area (Å²) >= 11 is 0. The van der Waals surface area contributed by atoms with Gasteiger partial charge in [-0.25, -0.2) is 4.39 Å². The number of carbonyl (C=O) groups is 1. The molecule has 2 rings (SSSR count). The monoisotopic (exact) mass is 282 g/mol. The van der Waals surface area contributed by atoms with E-state index in [1.54, 1.807) is 18.3 Å². The molecule has 0 bridgehead atoms. The Balaban J connectivity index is 0.00000180. The molecule has 0 fully saturated rings. The standard InChI is InChI=1S/C13H11FN2O2.ClH/c14-11-7-9(13(15)17)4-5-12(11)18-8-10-3-1-2-6-16-10;/h1-7H,8H2,(H2,15,17);1H. The lowest BCUT2D eigenvalue weighted by Gasteiger charge is -2.07. The van der Waals surface area contributed by atoms with Crippen LogP contribution >= 0.6 is 12.4 Å². The van der Waals surface area contributed by atoms with Gasteiger partial charge in [-0.05, 0) is 30.3 Å². The summed E-state index contributed by atoms with van der Waals surface area (Å²) in [6.07, 6.45) is 1.63. The Hall–Kier alpha value is -2.14. The van der Waals surface area contributed by atoms with Crippen molar-refractivity contribution < 1.29 is 13.9 Å². The van der Waals surface area contributed by atoms with Gasteiger partial charge < -0.3 is 10.5 Å². The van der Waals surface area contributed by atoms with Gasteiger partial charge in [-0.3, -0.25) is 9.78 Å². The van der Waals surface area contributed by atoms with Crippen LogP contribution < -0.4 is 10.5 Å². The summed E-state index contributed by atoms with van der Waals surface area (Å²) in [5, 5.41) is 0. The summed E-state index contributed by atoms with van der Waals surface area (Å²) in [4.78, 5) is 14.9. The maximum atomic E-state index is 13.6. The Bertz CT molecular complexity index is 564. The third-order valence-corrected chi connectivity index (χ3v) is 2.32. The minimum Gasteiger partial charge on any atom is -0.484 e. The Morgan fingerprint density at radius 3 is 2.68 bits per heavy atom. The molecule has 0 radical (unpaired) electrons. The molecule has 2 aromatic rings. The fourth-order valence-electron chi connectivity index (χ4n) is 1.41. The highest BCUT2D eigenvalue weighted by atomic mass is 35.5. The van der Waals surface area contributed by atoms with E-state index in [2.05, 4.69) is 4.98 Å². The summed E-state index contributed by atoms with van der Waals surface area (Å²) in [5.41, 5.74) is 5.84. The van der Waals surface area contributed by atoms with Gasteiger partial charge in [0, 0.05) is 11.8 Å². The first-order valence-electron chi connectivity index (χ1n) is 5.29. The second-order valence-electron chi connectivity index (χ2n) is 3.62. The molecule has 1 aromatic heterocycles. The van der Waals surface area contributed by atoms with E-state index < -0.39 is 11.7 Å². The van der Waals surface area contributed by atoms with Gasteiger partial charge in [0.15, 0.2) is 11.6 Å². The highest BCUT2D eigenvalue weighted by Crippen LogP contribution is 2.19. The van der Waals surface area contributed by atoms with Gasteiger partial charge in [0.2, 0.25) is 5.91 Å².